The van der Waals surface area contributed by atoms with E-state index >= 15 is 0 Å². The van der Waals surface area contributed by atoms with Crippen LogP contribution in [-0.4, -0.2) is 24.5 Å². The molecule has 4 nitrogen and oxygen atoms in total. The Morgan fingerprint density at radius 3 is 2.95 bits per heavy atom. The van der Waals surface area contributed by atoms with E-state index in [2.05, 4.69) is 16.4 Å². The van der Waals surface area contributed by atoms with E-state index in [0.717, 1.165) is 19.5 Å². The van der Waals surface area contributed by atoms with Gasteiger partial charge in [-0.1, -0.05) is 12.1 Å². The molecule has 1 aromatic carbocycles. The Balaban J connectivity index is 1.87. The molecule has 0 spiro atoms. The lowest BCUT2D eigenvalue weighted by Crippen LogP contribution is -2.28. The van der Waals surface area contributed by atoms with Crippen molar-refractivity contribution in [1.82, 2.24) is 10.3 Å². The molecule has 1 aromatic heterocycles. The van der Waals surface area contributed by atoms with Gasteiger partial charge in [0.1, 0.15) is 5.82 Å². The van der Waals surface area contributed by atoms with Crippen LogP contribution in [0.25, 0.3) is 0 Å². The highest BCUT2D eigenvalue weighted by Gasteiger charge is 2.17. The fourth-order valence-corrected chi connectivity index (χ4v) is 2.46. The van der Waals surface area contributed by atoms with Crippen molar-refractivity contribution in [3.63, 3.8) is 0 Å². The number of fused-ring (bicyclic) bond motifs is 1. The predicted molar refractivity (Wildman–Crippen MR) is 78.8 cm³/mol. The van der Waals surface area contributed by atoms with E-state index in [4.69, 9.17) is 0 Å². The molecule has 2 aromatic rings. The number of carbonyl (C=O) groups excluding carboxylic acids is 1. The van der Waals surface area contributed by atoms with Gasteiger partial charge in [0.05, 0.1) is 0 Å². The Bertz CT molecular complexity index is 625. The second-order valence-electron chi connectivity index (χ2n) is 4.96. The van der Waals surface area contributed by atoms with Gasteiger partial charge < -0.3 is 5.32 Å². The summed E-state index contributed by atoms with van der Waals surface area (Å²) in [4.78, 5) is 18.3. The number of anilines is 1. The lowest BCUT2D eigenvalue weighted by Gasteiger charge is -2.20. The smallest absolute Gasteiger partial charge is 0.259 e. The van der Waals surface area contributed by atoms with E-state index in [-0.39, 0.29) is 5.91 Å². The van der Waals surface area contributed by atoms with Crippen molar-refractivity contribution < 1.29 is 4.79 Å². The molecule has 0 saturated carbocycles. The lowest BCUT2D eigenvalue weighted by atomic mass is 9.98. The van der Waals surface area contributed by atoms with Gasteiger partial charge in [0.25, 0.3) is 5.91 Å². The molecule has 0 unspecified atom stereocenters. The zero-order chi connectivity index (χ0) is 13.9. The van der Waals surface area contributed by atoms with Gasteiger partial charge in [-0.05, 0) is 48.4 Å². The third-order valence-electron chi connectivity index (χ3n) is 3.64. The van der Waals surface area contributed by atoms with Crippen LogP contribution < -0.4 is 10.2 Å². The van der Waals surface area contributed by atoms with Crippen molar-refractivity contribution in [2.45, 2.75) is 13.0 Å². The van der Waals surface area contributed by atoms with Gasteiger partial charge >= 0.3 is 0 Å². The van der Waals surface area contributed by atoms with E-state index in [9.17, 15) is 4.79 Å². The van der Waals surface area contributed by atoms with Crippen LogP contribution in [0.2, 0.25) is 0 Å². The van der Waals surface area contributed by atoms with E-state index < -0.39 is 0 Å². The Hall–Kier alpha value is -2.20. The van der Waals surface area contributed by atoms with Crippen LogP contribution in [0.4, 0.5) is 5.82 Å². The van der Waals surface area contributed by atoms with Gasteiger partial charge in [0.2, 0.25) is 0 Å². The minimum absolute atomic E-state index is 0.0305. The fourth-order valence-electron chi connectivity index (χ4n) is 2.46. The molecule has 1 amide bonds. The molecule has 0 atom stereocenters. The van der Waals surface area contributed by atoms with Crippen LogP contribution in [-0.2, 0) is 13.0 Å². The average molecular weight is 267 g/mol. The fraction of sp³-hybridized carbons (Fsp3) is 0.250. The molecule has 1 aliphatic rings. The highest BCUT2D eigenvalue weighted by atomic mass is 16.2. The first kappa shape index (κ1) is 12.8. The van der Waals surface area contributed by atoms with E-state index in [1.54, 1.807) is 18.1 Å². The largest absolute Gasteiger partial charge is 0.312 e. The number of carbonyl (C=O) groups is 1. The van der Waals surface area contributed by atoms with Crippen molar-refractivity contribution in [3.05, 3.63) is 59.3 Å². The van der Waals surface area contributed by atoms with E-state index in [1.165, 1.54) is 11.1 Å². The topological polar surface area (TPSA) is 45.2 Å². The van der Waals surface area contributed by atoms with Crippen LogP contribution in [0.15, 0.2) is 42.6 Å². The van der Waals surface area contributed by atoms with Crippen LogP contribution in [0, 0.1) is 0 Å². The summed E-state index contributed by atoms with van der Waals surface area (Å²) in [5, 5.41) is 3.33. The van der Waals surface area contributed by atoms with Gasteiger partial charge in [-0.15, -0.1) is 0 Å². The van der Waals surface area contributed by atoms with E-state index in [0.29, 0.717) is 11.4 Å². The lowest BCUT2D eigenvalue weighted by molar-refractivity contribution is 0.0992. The second kappa shape index (κ2) is 5.43. The van der Waals surface area contributed by atoms with Crippen LogP contribution in [0.5, 0.6) is 0 Å². The Kier molecular flexibility index (Phi) is 3.48. The summed E-state index contributed by atoms with van der Waals surface area (Å²) < 4.78 is 0. The summed E-state index contributed by atoms with van der Waals surface area (Å²) in [6, 6.07) is 11.5. The van der Waals surface area contributed by atoms with Crippen LogP contribution in [0.1, 0.15) is 21.5 Å². The van der Waals surface area contributed by atoms with Crippen LogP contribution >= 0.6 is 0 Å². The predicted octanol–water partition coefficient (Wildman–Crippen LogP) is 2.00. The minimum Gasteiger partial charge on any atom is -0.312 e. The number of amides is 1. The summed E-state index contributed by atoms with van der Waals surface area (Å²) in [5.41, 5.74) is 3.26. The summed E-state index contributed by atoms with van der Waals surface area (Å²) in [5.74, 6) is 0.630. The van der Waals surface area contributed by atoms with Crippen LogP contribution in [0.3, 0.4) is 0 Å². The molecular formula is C16H17N3O. The number of hydrogen-bond donors (Lipinski definition) is 1. The molecule has 1 aliphatic heterocycles. The molecule has 0 radical (unpaired) electrons. The summed E-state index contributed by atoms with van der Waals surface area (Å²) >= 11 is 0. The quantitative estimate of drug-likeness (QED) is 0.905. The monoisotopic (exact) mass is 267 g/mol. The first-order valence-corrected chi connectivity index (χ1v) is 6.77. The number of pyridine rings is 1. The molecule has 2 heterocycles. The molecule has 0 bridgehead atoms. The molecule has 0 fully saturated rings. The minimum atomic E-state index is -0.0305. The molecule has 3 rings (SSSR count). The third-order valence-corrected chi connectivity index (χ3v) is 3.64. The first-order valence-electron chi connectivity index (χ1n) is 6.77. The molecular weight excluding hydrogens is 250 g/mol. The van der Waals surface area contributed by atoms with Crippen molar-refractivity contribution >= 4 is 11.7 Å². The summed E-state index contributed by atoms with van der Waals surface area (Å²) in [6.07, 6.45) is 2.72. The number of rotatable bonds is 2. The van der Waals surface area contributed by atoms with Crippen molar-refractivity contribution in [3.8, 4) is 0 Å². The Morgan fingerprint density at radius 2 is 2.15 bits per heavy atom. The number of aromatic nitrogens is 1. The maximum absolute atomic E-state index is 12.5. The normalized spacial score (nSPS) is 13.7. The average Bonchev–Trinajstić information content (AvgIpc) is 2.54. The number of hydrogen-bond acceptors (Lipinski definition) is 3. The zero-order valence-corrected chi connectivity index (χ0v) is 11.5. The maximum Gasteiger partial charge on any atom is 0.259 e. The molecule has 102 valence electrons. The second-order valence-corrected chi connectivity index (χ2v) is 4.96. The Morgan fingerprint density at radius 1 is 1.25 bits per heavy atom. The first-order chi connectivity index (χ1) is 9.75. The highest BCUT2D eigenvalue weighted by molar-refractivity contribution is 6.05. The van der Waals surface area contributed by atoms with Gasteiger partial charge in [-0.3, -0.25) is 9.69 Å². The van der Waals surface area contributed by atoms with Gasteiger partial charge in [0, 0.05) is 25.4 Å². The van der Waals surface area contributed by atoms with Crippen molar-refractivity contribution in [1.29, 1.82) is 0 Å². The van der Waals surface area contributed by atoms with Gasteiger partial charge in [0.15, 0.2) is 0 Å². The SMILES string of the molecule is CN(C(=O)c1ccc2c(c1)CNCC2)c1ccccn1. The van der Waals surface area contributed by atoms with E-state index in [1.807, 2.05) is 30.3 Å². The van der Waals surface area contributed by atoms with Gasteiger partial charge in [-0.2, -0.15) is 0 Å². The zero-order valence-electron chi connectivity index (χ0n) is 11.5. The highest BCUT2D eigenvalue weighted by Crippen LogP contribution is 2.18. The number of nitrogens with one attached hydrogen (secondary N) is 1. The van der Waals surface area contributed by atoms with Crippen molar-refractivity contribution in [2.24, 2.45) is 0 Å². The Labute approximate surface area is 118 Å². The third kappa shape index (κ3) is 2.42. The molecule has 0 saturated heterocycles. The summed E-state index contributed by atoms with van der Waals surface area (Å²) in [7, 11) is 1.75. The molecule has 1 N–H and O–H groups in total. The number of nitrogens with zero attached hydrogens (tertiary/aromatic N) is 2. The maximum atomic E-state index is 12.5. The molecule has 20 heavy (non-hydrogen) atoms. The summed E-state index contributed by atoms with van der Waals surface area (Å²) in [6.45, 7) is 1.85. The number of benzene rings is 1. The molecule has 0 aliphatic carbocycles. The standard InChI is InChI=1S/C16H17N3O/c1-19(15-4-2-3-8-18-15)16(20)13-6-5-12-7-9-17-11-14(12)10-13/h2-6,8,10,17H,7,9,11H2,1H3. The van der Waals surface area contributed by atoms with Gasteiger partial charge in [-0.25, -0.2) is 4.98 Å². The van der Waals surface area contributed by atoms with Crippen molar-refractivity contribution in [2.75, 3.05) is 18.5 Å². The molecule has 4 heteroatoms.